The quantitative estimate of drug-likeness (QED) is 0.721. The molecule has 1 rings (SSSR count). The fraction of sp³-hybridized carbons (Fsp3) is 0.900. The van der Waals surface area contributed by atoms with Gasteiger partial charge in [0.2, 0.25) is 0 Å². The molecule has 82 valence electrons. The zero-order valence-corrected chi connectivity index (χ0v) is 8.75. The highest BCUT2D eigenvalue weighted by atomic mass is 16.5. The van der Waals surface area contributed by atoms with Gasteiger partial charge in [-0.05, 0) is 13.3 Å². The summed E-state index contributed by atoms with van der Waals surface area (Å²) in [7, 11) is 0. The van der Waals surface area contributed by atoms with Crippen LogP contribution in [0.3, 0.4) is 0 Å². The fourth-order valence-corrected chi connectivity index (χ4v) is 1.98. The Bertz CT molecular complexity index is 228. The molecule has 0 saturated carbocycles. The van der Waals surface area contributed by atoms with Gasteiger partial charge in [0.1, 0.15) is 0 Å². The lowest BCUT2D eigenvalue weighted by atomic mass is 9.80. The first kappa shape index (κ1) is 11.5. The van der Waals surface area contributed by atoms with Crippen molar-refractivity contribution in [1.29, 1.82) is 0 Å². The third kappa shape index (κ3) is 2.69. The van der Waals surface area contributed by atoms with Gasteiger partial charge in [-0.15, -0.1) is 0 Å². The van der Waals surface area contributed by atoms with E-state index in [0.29, 0.717) is 19.4 Å². The monoisotopic (exact) mass is 202 g/mol. The number of aliphatic carboxylic acids is 1. The number of carboxylic acid groups (broad SMARTS) is 1. The van der Waals surface area contributed by atoms with Gasteiger partial charge in [-0.25, -0.2) is 0 Å². The molecular formula is C10H18O4. The number of hydrogen-bond acceptors (Lipinski definition) is 3. The van der Waals surface area contributed by atoms with Crippen LogP contribution in [-0.2, 0) is 9.53 Å². The van der Waals surface area contributed by atoms with Gasteiger partial charge in [-0.2, -0.15) is 0 Å². The zero-order valence-electron chi connectivity index (χ0n) is 8.75. The standard InChI is InChI=1S/C10H18O4/c1-3-9(2)7-10(13,4-5-14-9)6-8(11)12/h13H,3-7H2,1-2H3,(H,11,12). The minimum absolute atomic E-state index is 0.189. The summed E-state index contributed by atoms with van der Waals surface area (Å²) in [6.07, 6.45) is 1.42. The molecule has 2 N–H and O–H groups in total. The van der Waals surface area contributed by atoms with E-state index in [1.165, 1.54) is 0 Å². The molecule has 1 saturated heterocycles. The van der Waals surface area contributed by atoms with E-state index in [1.807, 2.05) is 13.8 Å². The predicted octanol–water partition coefficient (Wildman–Crippen LogP) is 1.17. The fourth-order valence-electron chi connectivity index (χ4n) is 1.98. The Balaban J connectivity index is 2.66. The Kier molecular flexibility index (Phi) is 3.17. The maximum Gasteiger partial charge on any atom is 0.306 e. The summed E-state index contributed by atoms with van der Waals surface area (Å²) in [6.45, 7) is 4.33. The van der Waals surface area contributed by atoms with Crippen LogP contribution in [0.15, 0.2) is 0 Å². The average Bonchev–Trinajstić information content (AvgIpc) is 2.01. The Morgan fingerprint density at radius 3 is 2.71 bits per heavy atom. The van der Waals surface area contributed by atoms with E-state index in [0.717, 1.165) is 6.42 Å². The van der Waals surface area contributed by atoms with Crippen molar-refractivity contribution in [3.05, 3.63) is 0 Å². The van der Waals surface area contributed by atoms with Crippen molar-refractivity contribution in [2.75, 3.05) is 6.61 Å². The minimum atomic E-state index is -1.09. The van der Waals surface area contributed by atoms with E-state index < -0.39 is 11.6 Å². The van der Waals surface area contributed by atoms with Crippen LogP contribution >= 0.6 is 0 Å². The van der Waals surface area contributed by atoms with Crippen molar-refractivity contribution in [1.82, 2.24) is 0 Å². The van der Waals surface area contributed by atoms with Crippen LogP contribution < -0.4 is 0 Å². The maximum atomic E-state index is 10.6. The summed E-state index contributed by atoms with van der Waals surface area (Å²) in [5, 5.41) is 18.7. The lowest BCUT2D eigenvalue weighted by Crippen LogP contribution is -2.48. The molecule has 0 bridgehead atoms. The van der Waals surface area contributed by atoms with Crippen molar-refractivity contribution in [3.8, 4) is 0 Å². The smallest absolute Gasteiger partial charge is 0.306 e. The molecule has 0 spiro atoms. The molecule has 2 atom stereocenters. The van der Waals surface area contributed by atoms with E-state index in [2.05, 4.69) is 0 Å². The predicted molar refractivity (Wildman–Crippen MR) is 51.1 cm³/mol. The Hall–Kier alpha value is -0.610. The second kappa shape index (κ2) is 3.87. The van der Waals surface area contributed by atoms with Crippen LogP contribution in [-0.4, -0.2) is 34.0 Å². The van der Waals surface area contributed by atoms with Gasteiger partial charge in [-0.3, -0.25) is 4.79 Å². The molecule has 1 heterocycles. The first-order valence-electron chi connectivity index (χ1n) is 4.97. The highest BCUT2D eigenvalue weighted by Crippen LogP contribution is 2.36. The molecule has 1 aliphatic heterocycles. The van der Waals surface area contributed by atoms with E-state index in [-0.39, 0.29) is 12.0 Å². The SMILES string of the molecule is CCC1(C)CC(O)(CC(=O)O)CCO1. The first-order chi connectivity index (χ1) is 6.39. The summed E-state index contributed by atoms with van der Waals surface area (Å²) in [5.41, 5.74) is -1.46. The number of carbonyl (C=O) groups is 1. The summed E-state index contributed by atoms with van der Waals surface area (Å²) in [4.78, 5) is 10.6. The molecule has 2 unspecified atom stereocenters. The van der Waals surface area contributed by atoms with Crippen LogP contribution in [0.4, 0.5) is 0 Å². The van der Waals surface area contributed by atoms with E-state index in [4.69, 9.17) is 9.84 Å². The van der Waals surface area contributed by atoms with Crippen LogP contribution in [0.1, 0.15) is 39.5 Å². The molecule has 0 amide bonds. The van der Waals surface area contributed by atoms with Crippen molar-refractivity contribution in [2.24, 2.45) is 0 Å². The molecule has 0 aromatic rings. The van der Waals surface area contributed by atoms with Gasteiger partial charge in [0, 0.05) is 12.8 Å². The highest BCUT2D eigenvalue weighted by molar-refractivity contribution is 5.68. The minimum Gasteiger partial charge on any atom is -0.481 e. The number of hydrogen-bond donors (Lipinski definition) is 2. The summed E-state index contributed by atoms with van der Waals surface area (Å²) >= 11 is 0. The Labute approximate surface area is 83.9 Å². The van der Waals surface area contributed by atoms with Gasteiger partial charge in [0.05, 0.1) is 24.2 Å². The van der Waals surface area contributed by atoms with Gasteiger partial charge >= 0.3 is 5.97 Å². The molecule has 0 aromatic carbocycles. The van der Waals surface area contributed by atoms with Crippen molar-refractivity contribution < 1.29 is 19.7 Å². The molecule has 14 heavy (non-hydrogen) atoms. The Morgan fingerprint density at radius 2 is 2.21 bits per heavy atom. The molecule has 1 aliphatic rings. The number of aliphatic hydroxyl groups is 1. The number of carboxylic acids is 1. The highest BCUT2D eigenvalue weighted by Gasteiger charge is 2.42. The van der Waals surface area contributed by atoms with Crippen LogP contribution in [0.25, 0.3) is 0 Å². The van der Waals surface area contributed by atoms with Crippen LogP contribution in [0.5, 0.6) is 0 Å². The van der Waals surface area contributed by atoms with E-state index in [9.17, 15) is 9.90 Å². The molecule has 0 aliphatic carbocycles. The lowest BCUT2D eigenvalue weighted by molar-refractivity contribution is -0.168. The van der Waals surface area contributed by atoms with Gasteiger partial charge in [0.25, 0.3) is 0 Å². The largest absolute Gasteiger partial charge is 0.481 e. The van der Waals surface area contributed by atoms with Gasteiger partial charge in [0.15, 0.2) is 0 Å². The summed E-state index contributed by atoms with van der Waals surface area (Å²) in [5.74, 6) is -0.951. The first-order valence-corrected chi connectivity index (χ1v) is 4.97. The zero-order chi connectivity index (χ0) is 10.8. The molecule has 1 fully saturated rings. The maximum absolute atomic E-state index is 10.6. The molecule has 4 heteroatoms. The van der Waals surface area contributed by atoms with Crippen molar-refractivity contribution >= 4 is 5.97 Å². The van der Waals surface area contributed by atoms with Crippen molar-refractivity contribution in [2.45, 2.75) is 50.7 Å². The molecular weight excluding hydrogens is 184 g/mol. The van der Waals surface area contributed by atoms with Crippen molar-refractivity contribution in [3.63, 3.8) is 0 Å². The molecule has 4 nitrogen and oxygen atoms in total. The summed E-state index contributed by atoms with van der Waals surface area (Å²) < 4.78 is 5.54. The van der Waals surface area contributed by atoms with Gasteiger partial charge in [-0.1, -0.05) is 6.92 Å². The Morgan fingerprint density at radius 1 is 1.57 bits per heavy atom. The summed E-state index contributed by atoms with van der Waals surface area (Å²) in [6, 6.07) is 0. The average molecular weight is 202 g/mol. The number of ether oxygens (including phenoxy) is 1. The van der Waals surface area contributed by atoms with E-state index in [1.54, 1.807) is 0 Å². The van der Waals surface area contributed by atoms with Gasteiger partial charge < -0.3 is 14.9 Å². The van der Waals surface area contributed by atoms with Crippen LogP contribution in [0, 0.1) is 0 Å². The second-order valence-electron chi connectivity index (χ2n) is 4.37. The third-order valence-electron chi connectivity index (χ3n) is 2.95. The van der Waals surface area contributed by atoms with Crippen LogP contribution in [0.2, 0.25) is 0 Å². The third-order valence-corrected chi connectivity index (χ3v) is 2.95. The molecule has 0 aromatic heterocycles. The normalized spacial score (nSPS) is 38.2. The number of rotatable bonds is 3. The molecule has 0 radical (unpaired) electrons. The second-order valence-corrected chi connectivity index (χ2v) is 4.37. The topological polar surface area (TPSA) is 66.8 Å². The lowest BCUT2D eigenvalue weighted by Gasteiger charge is -2.42. The van der Waals surface area contributed by atoms with E-state index >= 15 is 0 Å².